The molecule has 0 aliphatic rings. The topological polar surface area (TPSA) is 143 Å². The molecule has 6 N–H and O–H groups in total. The van der Waals surface area contributed by atoms with E-state index in [9.17, 15) is 14.9 Å². The van der Waals surface area contributed by atoms with Crippen LogP contribution < -0.4 is 22.3 Å². The van der Waals surface area contributed by atoms with E-state index >= 15 is 0 Å². The second-order valence-corrected chi connectivity index (χ2v) is 7.26. The first kappa shape index (κ1) is 22.5. The third-order valence-electron chi connectivity index (χ3n) is 3.60. The lowest BCUT2D eigenvalue weighted by atomic mass is 10.1. The molecule has 0 bridgehead atoms. The van der Waals surface area contributed by atoms with Crippen molar-refractivity contribution in [1.29, 1.82) is 5.26 Å². The van der Waals surface area contributed by atoms with Gasteiger partial charge in [-0.15, -0.1) is 11.3 Å². The molecule has 1 aromatic rings. The number of ketones is 1. The van der Waals surface area contributed by atoms with Crippen LogP contribution in [0, 0.1) is 11.3 Å². The summed E-state index contributed by atoms with van der Waals surface area (Å²) in [5.41, 5.74) is 6.30. The fourth-order valence-corrected chi connectivity index (χ4v) is 3.34. The van der Waals surface area contributed by atoms with E-state index in [1.807, 2.05) is 19.9 Å². The summed E-state index contributed by atoms with van der Waals surface area (Å²) in [6, 6.07) is 2.01. The Morgan fingerprint density at radius 1 is 1.37 bits per heavy atom. The summed E-state index contributed by atoms with van der Waals surface area (Å²) in [7, 11) is 0. The molecule has 1 heterocycles. The number of nitrogens with two attached hydrogens (primary N) is 2. The summed E-state index contributed by atoms with van der Waals surface area (Å²) in [6.45, 7) is 6.44. The number of nitrogens with zero attached hydrogens (tertiary/aromatic N) is 1. The molecular weight excluding hydrogens is 366 g/mol. The summed E-state index contributed by atoms with van der Waals surface area (Å²) in [5.74, 6) is 4.19. The molecule has 0 saturated carbocycles. The summed E-state index contributed by atoms with van der Waals surface area (Å²) in [4.78, 5) is 29.2. The fraction of sp³-hybridized carbons (Fsp3) is 0.500. The van der Waals surface area contributed by atoms with Gasteiger partial charge in [-0.2, -0.15) is 11.2 Å². The van der Waals surface area contributed by atoms with Crippen LogP contribution in [0.3, 0.4) is 0 Å². The van der Waals surface area contributed by atoms with Crippen molar-refractivity contribution >= 4 is 33.7 Å². The van der Waals surface area contributed by atoms with E-state index in [4.69, 9.17) is 11.6 Å². The highest BCUT2D eigenvalue weighted by Crippen LogP contribution is 2.36. The maximum absolute atomic E-state index is 12.7. The average molecular weight is 394 g/mol. The molecule has 0 aliphatic heterocycles. The van der Waals surface area contributed by atoms with Crippen LogP contribution in [0.4, 0.5) is 10.7 Å². The first-order valence-corrected chi connectivity index (χ1v) is 9.64. The Bertz CT molecular complexity index is 734. The number of thiophene rings is 1. The van der Waals surface area contributed by atoms with Crippen LogP contribution in [-0.2, 0) is 9.63 Å². The van der Waals surface area contributed by atoms with Gasteiger partial charge in [0.15, 0.2) is 5.76 Å². The van der Waals surface area contributed by atoms with Crippen molar-refractivity contribution in [3.05, 3.63) is 22.3 Å². The van der Waals surface area contributed by atoms with E-state index in [0.29, 0.717) is 11.5 Å². The molecule has 0 atom stereocenters. The first-order chi connectivity index (χ1) is 12.8. The van der Waals surface area contributed by atoms with Gasteiger partial charge in [0, 0.05) is 19.0 Å². The van der Waals surface area contributed by atoms with Crippen molar-refractivity contribution in [1.82, 2.24) is 5.32 Å². The predicted octanol–water partition coefficient (Wildman–Crippen LogP) is 2.68. The Labute approximate surface area is 163 Å². The lowest BCUT2D eigenvalue weighted by Crippen LogP contribution is -2.29. The average Bonchev–Trinajstić information content (AvgIpc) is 2.94. The Morgan fingerprint density at radius 2 is 2.07 bits per heavy atom. The van der Waals surface area contributed by atoms with Gasteiger partial charge < -0.3 is 21.2 Å². The molecule has 8 nitrogen and oxygen atoms in total. The van der Waals surface area contributed by atoms with Crippen LogP contribution in [0.5, 0.6) is 0 Å². The number of carbonyl (C=O) groups excluding carboxylic acids is 2. The summed E-state index contributed by atoms with van der Waals surface area (Å²) in [5, 5.41) is 15.8. The summed E-state index contributed by atoms with van der Waals surface area (Å²) in [6.07, 6.45) is 4.34. The van der Waals surface area contributed by atoms with Gasteiger partial charge in [-0.3, -0.25) is 9.59 Å². The standard InChI is InChI=1S/C18H27N5O3S/c1-4-5-6-9-22-18-12(10-19)15(20)17(27-18)16(25)13(26-21)7-8-14(24)23-11(2)3/h7,11,22H,4-6,8-9,20-21H2,1-3H3,(H,23,24)/b13-7-. The second kappa shape index (κ2) is 11.2. The van der Waals surface area contributed by atoms with Gasteiger partial charge >= 0.3 is 0 Å². The number of allylic oxidation sites excluding steroid dienone is 1. The third kappa shape index (κ3) is 6.58. The van der Waals surface area contributed by atoms with Crippen LogP contribution in [0.25, 0.3) is 0 Å². The van der Waals surface area contributed by atoms with Crippen molar-refractivity contribution in [3.8, 4) is 6.07 Å². The molecule has 1 rings (SSSR count). The zero-order valence-electron chi connectivity index (χ0n) is 15.9. The van der Waals surface area contributed by atoms with Crippen molar-refractivity contribution in [2.45, 2.75) is 52.5 Å². The van der Waals surface area contributed by atoms with Crippen molar-refractivity contribution < 1.29 is 14.4 Å². The number of nitriles is 1. The monoisotopic (exact) mass is 393 g/mol. The fourth-order valence-electron chi connectivity index (χ4n) is 2.30. The van der Waals surface area contributed by atoms with E-state index in [-0.39, 0.29) is 40.3 Å². The highest BCUT2D eigenvalue weighted by molar-refractivity contribution is 7.19. The number of rotatable bonds is 11. The smallest absolute Gasteiger partial charge is 0.241 e. The van der Waals surface area contributed by atoms with Crippen LogP contribution in [-0.4, -0.2) is 24.3 Å². The maximum atomic E-state index is 12.7. The molecule has 0 aromatic carbocycles. The van der Waals surface area contributed by atoms with Crippen LogP contribution in [0.1, 0.15) is 61.7 Å². The van der Waals surface area contributed by atoms with Gasteiger partial charge in [0.05, 0.1) is 5.69 Å². The molecule has 0 fully saturated rings. The van der Waals surface area contributed by atoms with Crippen molar-refractivity contribution in [2.24, 2.45) is 5.90 Å². The molecule has 0 aliphatic carbocycles. The molecule has 0 spiro atoms. The SMILES string of the molecule is CCCCCNc1sc(C(=O)/C(=C/CC(=O)NC(C)C)ON)c(N)c1C#N. The Kier molecular flexibility index (Phi) is 9.33. The Hall–Kier alpha value is -2.57. The van der Waals surface area contributed by atoms with Gasteiger partial charge in [-0.25, -0.2) is 0 Å². The van der Waals surface area contributed by atoms with Gasteiger partial charge in [0.25, 0.3) is 0 Å². The molecule has 27 heavy (non-hydrogen) atoms. The Balaban J connectivity index is 2.98. The zero-order valence-corrected chi connectivity index (χ0v) is 16.7. The van der Waals surface area contributed by atoms with Gasteiger partial charge in [0.1, 0.15) is 21.5 Å². The third-order valence-corrected chi connectivity index (χ3v) is 4.76. The summed E-state index contributed by atoms with van der Waals surface area (Å²) < 4.78 is 0. The van der Waals surface area contributed by atoms with Gasteiger partial charge in [-0.1, -0.05) is 19.8 Å². The molecule has 1 aromatic heterocycles. The lowest BCUT2D eigenvalue weighted by Gasteiger charge is -2.07. The van der Waals surface area contributed by atoms with E-state index in [1.165, 1.54) is 6.08 Å². The number of hydrogen-bond donors (Lipinski definition) is 4. The number of nitrogens with one attached hydrogen (secondary N) is 2. The quantitative estimate of drug-likeness (QED) is 0.149. The van der Waals surface area contributed by atoms with E-state index in [2.05, 4.69) is 22.4 Å². The first-order valence-electron chi connectivity index (χ1n) is 8.82. The molecule has 0 unspecified atom stereocenters. The van der Waals surface area contributed by atoms with Crippen molar-refractivity contribution in [3.63, 3.8) is 0 Å². The summed E-state index contributed by atoms with van der Waals surface area (Å²) >= 11 is 1.08. The minimum absolute atomic E-state index is 0.0173. The molecule has 9 heteroatoms. The number of nitrogen functional groups attached to an aromatic ring is 1. The largest absolute Gasteiger partial charge is 0.408 e. The van der Waals surface area contributed by atoms with E-state index in [0.717, 1.165) is 30.6 Å². The lowest BCUT2D eigenvalue weighted by molar-refractivity contribution is -0.120. The van der Waals surface area contributed by atoms with Gasteiger partial charge in [0.2, 0.25) is 11.7 Å². The number of anilines is 2. The maximum Gasteiger partial charge on any atom is 0.241 e. The van der Waals surface area contributed by atoms with Gasteiger partial charge in [-0.05, 0) is 26.3 Å². The number of hydrogen-bond acceptors (Lipinski definition) is 8. The van der Waals surface area contributed by atoms with Crippen LogP contribution in [0.2, 0.25) is 0 Å². The highest BCUT2D eigenvalue weighted by Gasteiger charge is 2.24. The minimum atomic E-state index is -0.560. The number of amides is 1. The molecule has 1 amide bonds. The van der Waals surface area contributed by atoms with Crippen LogP contribution >= 0.6 is 11.3 Å². The molecule has 0 saturated heterocycles. The molecule has 148 valence electrons. The minimum Gasteiger partial charge on any atom is -0.408 e. The van der Waals surface area contributed by atoms with E-state index < -0.39 is 5.78 Å². The second-order valence-electron chi connectivity index (χ2n) is 6.24. The molecule has 0 radical (unpaired) electrons. The number of unbranched alkanes of at least 4 members (excludes halogenated alkanes) is 2. The predicted molar refractivity (Wildman–Crippen MR) is 107 cm³/mol. The van der Waals surface area contributed by atoms with E-state index in [1.54, 1.807) is 0 Å². The molecular formula is C18H27N5O3S. The highest BCUT2D eigenvalue weighted by atomic mass is 32.1. The number of Topliss-reactive ketones (excluding diaryl/α,β-unsaturated/α-hetero) is 1. The van der Waals surface area contributed by atoms with Crippen LogP contribution in [0.15, 0.2) is 11.8 Å². The number of carbonyl (C=O) groups is 2. The normalized spacial score (nSPS) is 11.2. The Morgan fingerprint density at radius 3 is 2.63 bits per heavy atom. The zero-order chi connectivity index (χ0) is 20.4. The van der Waals surface area contributed by atoms with Crippen molar-refractivity contribution in [2.75, 3.05) is 17.6 Å².